The van der Waals surface area contributed by atoms with Gasteiger partial charge in [-0.05, 0) is 24.3 Å². The van der Waals surface area contributed by atoms with Gasteiger partial charge in [-0.2, -0.15) is 0 Å². The molecule has 7 nitrogen and oxygen atoms in total. The van der Waals surface area contributed by atoms with Crippen LogP contribution < -0.4 is 11.1 Å². The first kappa shape index (κ1) is 15.2. The van der Waals surface area contributed by atoms with Crippen molar-refractivity contribution in [3.63, 3.8) is 0 Å². The number of primary amides is 1. The van der Waals surface area contributed by atoms with E-state index >= 15 is 0 Å². The summed E-state index contributed by atoms with van der Waals surface area (Å²) >= 11 is 0. The number of hydrogen-bond donors (Lipinski definition) is 2. The van der Waals surface area contributed by atoms with Gasteiger partial charge in [0.1, 0.15) is 5.69 Å². The van der Waals surface area contributed by atoms with Crippen LogP contribution in [0.15, 0.2) is 42.6 Å². The number of rotatable bonds is 4. The zero-order chi connectivity index (χ0) is 16.1. The van der Waals surface area contributed by atoms with Gasteiger partial charge in [-0.25, -0.2) is 4.79 Å². The molecule has 0 fully saturated rings. The van der Waals surface area contributed by atoms with Gasteiger partial charge in [-0.1, -0.05) is 12.1 Å². The second-order valence-corrected chi connectivity index (χ2v) is 4.29. The van der Waals surface area contributed by atoms with Gasteiger partial charge >= 0.3 is 5.97 Å². The predicted molar refractivity (Wildman–Crippen MR) is 78.5 cm³/mol. The first-order valence-corrected chi connectivity index (χ1v) is 6.27. The van der Waals surface area contributed by atoms with Gasteiger partial charge in [0.2, 0.25) is 0 Å². The highest BCUT2D eigenvalue weighted by Crippen LogP contribution is 2.17. The number of para-hydroxylation sites is 1. The van der Waals surface area contributed by atoms with Gasteiger partial charge in [0.15, 0.2) is 0 Å². The van der Waals surface area contributed by atoms with E-state index in [1.165, 1.54) is 31.5 Å². The van der Waals surface area contributed by atoms with E-state index in [2.05, 4.69) is 15.0 Å². The lowest BCUT2D eigenvalue weighted by atomic mass is 10.1. The zero-order valence-electron chi connectivity index (χ0n) is 11.7. The Hall–Kier alpha value is -3.22. The van der Waals surface area contributed by atoms with Crippen molar-refractivity contribution in [1.29, 1.82) is 0 Å². The van der Waals surface area contributed by atoms with Crippen LogP contribution in [0.4, 0.5) is 5.69 Å². The van der Waals surface area contributed by atoms with Gasteiger partial charge in [-0.15, -0.1) is 0 Å². The molecule has 7 heteroatoms. The molecule has 1 aromatic heterocycles. The standard InChI is InChI=1S/C15H13N3O4/c1-22-15(21)10-4-2-3-5-11(10)18-14(20)9-6-7-12(13(16)19)17-8-9/h2-8H,1H3,(H2,16,19)(H,18,20). The molecule has 0 saturated carbocycles. The van der Waals surface area contributed by atoms with E-state index in [0.29, 0.717) is 5.69 Å². The second kappa shape index (κ2) is 6.49. The third kappa shape index (κ3) is 3.26. The Morgan fingerprint density at radius 2 is 1.86 bits per heavy atom. The fraction of sp³-hybridized carbons (Fsp3) is 0.0667. The number of nitrogens with two attached hydrogens (primary N) is 1. The van der Waals surface area contributed by atoms with Crippen molar-refractivity contribution in [3.05, 3.63) is 59.4 Å². The molecule has 2 rings (SSSR count). The van der Waals surface area contributed by atoms with Crippen molar-refractivity contribution >= 4 is 23.5 Å². The van der Waals surface area contributed by atoms with Gasteiger partial charge in [-0.3, -0.25) is 14.6 Å². The van der Waals surface area contributed by atoms with E-state index in [9.17, 15) is 14.4 Å². The molecule has 0 radical (unpaired) electrons. The number of esters is 1. The summed E-state index contributed by atoms with van der Waals surface area (Å²) in [6.45, 7) is 0. The van der Waals surface area contributed by atoms with Crippen LogP contribution in [0.3, 0.4) is 0 Å². The third-order valence-corrected chi connectivity index (χ3v) is 2.86. The molecule has 2 amide bonds. The number of anilines is 1. The van der Waals surface area contributed by atoms with Gasteiger partial charge < -0.3 is 15.8 Å². The molecule has 0 saturated heterocycles. The number of pyridine rings is 1. The van der Waals surface area contributed by atoms with E-state index < -0.39 is 17.8 Å². The molecule has 0 spiro atoms. The molecular formula is C15H13N3O4. The van der Waals surface area contributed by atoms with Crippen molar-refractivity contribution in [1.82, 2.24) is 4.98 Å². The number of ether oxygens (including phenoxy) is 1. The molecule has 1 heterocycles. The van der Waals surface area contributed by atoms with Crippen LogP contribution in [0.1, 0.15) is 31.2 Å². The monoisotopic (exact) mass is 299 g/mol. The number of carbonyl (C=O) groups excluding carboxylic acids is 3. The lowest BCUT2D eigenvalue weighted by molar-refractivity contribution is 0.0601. The lowest BCUT2D eigenvalue weighted by Gasteiger charge is -2.09. The molecule has 0 bridgehead atoms. The van der Waals surface area contributed by atoms with Crippen LogP contribution >= 0.6 is 0 Å². The highest BCUT2D eigenvalue weighted by Gasteiger charge is 2.14. The van der Waals surface area contributed by atoms with E-state index in [1.807, 2.05) is 0 Å². The zero-order valence-corrected chi connectivity index (χ0v) is 11.7. The van der Waals surface area contributed by atoms with Gasteiger partial charge in [0.25, 0.3) is 11.8 Å². The minimum atomic E-state index is -0.678. The number of methoxy groups -OCH3 is 1. The Labute approximate surface area is 126 Å². The van der Waals surface area contributed by atoms with Crippen molar-refractivity contribution in [2.24, 2.45) is 5.73 Å². The highest BCUT2D eigenvalue weighted by molar-refractivity contribution is 6.08. The number of benzene rings is 1. The van der Waals surface area contributed by atoms with Crippen LogP contribution in [0.5, 0.6) is 0 Å². The Kier molecular flexibility index (Phi) is 4.47. The van der Waals surface area contributed by atoms with Crippen LogP contribution in [-0.2, 0) is 4.74 Å². The van der Waals surface area contributed by atoms with E-state index in [1.54, 1.807) is 18.2 Å². The SMILES string of the molecule is COC(=O)c1ccccc1NC(=O)c1ccc(C(N)=O)nc1. The number of nitrogens with zero attached hydrogens (tertiary/aromatic N) is 1. The summed E-state index contributed by atoms with van der Waals surface area (Å²) in [5, 5.41) is 2.59. The van der Waals surface area contributed by atoms with E-state index in [0.717, 1.165) is 0 Å². The Balaban J connectivity index is 2.22. The fourth-order valence-electron chi connectivity index (χ4n) is 1.75. The smallest absolute Gasteiger partial charge is 0.339 e. The Bertz CT molecular complexity index is 726. The minimum absolute atomic E-state index is 0.0616. The summed E-state index contributed by atoms with van der Waals surface area (Å²) in [4.78, 5) is 38.5. The quantitative estimate of drug-likeness (QED) is 0.824. The number of aromatic nitrogens is 1. The molecule has 0 aliphatic heterocycles. The molecule has 0 aliphatic carbocycles. The van der Waals surface area contributed by atoms with E-state index in [4.69, 9.17) is 5.73 Å². The summed E-state index contributed by atoms with van der Waals surface area (Å²) in [5.41, 5.74) is 5.92. The van der Waals surface area contributed by atoms with Crippen molar-refractivity contribution in [3.8, 4) is 0 Å². The van der Waals surface area contributed by atoms with Crippen LogP contribution in [0.25, 0.3) is 0 Å². The first-order chi connectivity index (χ1) is 10.5. The maximum atomic E-state index is 12.1. The van der Waals surface area contributed by atoms with Crippen LogP contribution in [-0.4, -0.2) is 29.9 Å². The molecule has 22 heavy (non-hydrogen) atoms. The molecule has 3 N–H and O–H groups in total. The highest BCUT2D eigenvalue weighted by atomic mass is 16.5. The normalized spacial score (nSPS) is 9.86. The molecule has 112 valence electrons. The molecular weight excluding hydrogens is 286 g/mol. The minimum Gasteiger partial charge on any atom is -0.465 e. The maximum Gasteiger partial charge on any atom is 0.339 e. The third-order valence-electron chi connectivity index (χ3n) is 2.86. The largest absolute Gasteiger partial charge is 0.465 e. The maximum absolute atomic E-state index is 12.1. The first-order valence-electron chi connectivity index (χ1n) is 6.27. The van der Waals surface area contributed by atoms with Crippen molar-refractivity contribution in [2.75, 3.05) is 12.4 Å². The molecule has 2 aromatic rings. The molecule has 0 unspecified atom stereocenters. The van der Waals surface area contributed by atoms with Gasteiger partial charge in [0, 0.05) is 6.20 Å². The summed E-state index contributed by atoms with van der Waals surface area (Å²) in [6.07, 6.45) is 1.23. The summed E-state index contributed by atoms with van der Waals surface area (Å²) in [7, 11) is 1.26. The van der Waals surface area contributed by atoms with Gasteiger partial charge in [0.05, 0.1) is 23.9 Å². The van der Waals surface area contributed by atoms with E-state index in [-0.39, 0.29) is 16.8 Å². The number of hydrogen-bond acceptors (Lipinski definition) is 5. The molecule has 0 atom stereocenters. The number of carbonyl (C=O) groups is 3. The average molecular weight is 299 g/mol. The summed E-state index contributed by atoms with van der Waals surface area (Å²) in [6, 6.07) is 9.22. The second-order valence-electron chi connectivity index (χ2n) is 4.29. The number of amides is 2. The molecule has 1 aromatic carbocycles. The van der Waals surface area contributed by atoms with Crippen molar-refractivity contribution in [2.45, 2.75) is 0 Å². The van der Waals surface area contributed by atoms with Crippen molar-refractivity contribution < 1.29 is 19.1 Å². The lowest BCUT2D eigenvalue weighted by Crippen LogP contribution is -2.17. The van der Waals surface area contributed by atoms with Crippen LogP contribution in [0.2, 0.25) is 0 Å². The predicted octanol–water partition coefficient (Wildman–Crippen LogP) is 1.22. The molecule has 0 aliphatic rings. The fourth-order valence-corrected chi connectivity index (χ4v) is 1.75. The summed E-state index contributed by atoms with van der Waals surface area (Å²) < 4.78 is 4.65. The van der Waals surface area contributed by atoms with Crippen LogP contribution in [0, 0.1) is 0 Å². The summed E-state index contributed by atoms with van der Waals surface area (Å²) in [5.74, 6) is -1.71. The topological polar surface area (TPSA) is 111 Å². The number of nitrogens with one attached hydrogen (secondary N) is 1. The Morgan fingerprint density at radius 3 is 2.45 bits per heavy atom. The Morgan fingerprint density at radius 1 is 1.14 bits per heavy atom. The average Bonchev–Trinajstić information content (AvgIpc) is 2.54.